The average Bonchev–Trinajstić information content (AvgIpc) is 2.77. The van der Waals surface area contributed by atoms with E-state index in [1.807, 2.05) is 0 Å². The summed E-state index contributed by atoms with van der Waals surface area (Å²) >= 11 is 3.88. The topological polar surface area (TPSA) is 0 Å². The Morgan fingerprint density at radius 2 is 1.81 bits per heavy atom. The lowest BCUT2D eigenvalue weighted by Gasteiger charge is -2.20. The molecule has 2 rings (SSSR count). The van der Waals surface area contributed by atoms with Crippen LogP contribution in [0.5, 0.6) is 0 Å². The van der Waals surface area contributed by atoms with Gasteiger partial charge in [0.2, 0.25) is 0 Å². The molecule has 0 fully saturated rings. The van der Waals surface area contributed by atoms with Crippen molar-refractivity contribution in [3.8, 4) is 0 Å². The second kappa shape index (κ2) is 5.35. The summed E-state index contributed by atoms with van der Waals surface area (Å²) in [6.07, 6.45) is 6.42. The van der Waals surface area contributed by atoms with E-state index in [1.165, 1.54) is 37.7 Å². The van der Waals surface area contributed by atoms with E-state index in [4.69, 9.17) is 0 Å². The highest BCUT2D eigenvalue weighted by Crippen LogP contribution is 2.36. The summed E-state index contributed by atoms with van der Waals surface area (Å²) in [5.41, 5.74) is 4.65. The highest BCUT2D eigenvalue weighted by atomic mass is 79.9. The number of rotatable bonds is 4. The lowest BCUT2D eigenvalue weighted by Crippen LogP contribution is -2.05. The van der Waals surface area contributed by atoms with Gasteiger partial charge in [-0.05, 0) is 41.9 Å². The van der Waals surface area contributed by atoms with Crippen molar-refractivity contribution in [3.05, 3.63) is 34.9 Å². The van der Waals surface area contributed by atoms with Crippen LogP contribution in [0.15, 0.2) is 18.2 Å². The van der Waals surface area contributed by atoms with E-state index in [0.29, 0.717) is 4.83 Å². The van der Waals surface area contributed by atoms with Gasteiger partial charge in [0.25, 0.3) is 0 Å². The summed E-state index contributed by atoms with van der Waals surface area (Å²) in [7, 11) is 0. The Balaban J connectivity index is 2.20. The van der Waals surface area contributed by atoms with E-state index in [1.54, 1.807) is 11.1 Å². The van der Waals surface area contributed by atoms with E-state index in [2.05, 4.69) is 48.0 Å². The predicted octanol–water partition coefficient (Wildman–Crippen LogP) is 5.05. The zero-order chi connectivity index (χ0) is 11.5. The zero-order valence-electron chi connectivity index (χ0n) is 10.3. The molecule has 1 aliphatic carbocycles. The number of hydrogen-bond donors (Lipinski definition) is 0. The van der Waals surface area contributed by atoms with Crippen LogP contribution in [0.2, 0.25) is 0 Å². The lowest BCUT2D eigenvalue weighted by molar-refractivity contribution is 0.486. The molecule has 16 heavy (non-hydrogen) atoms. The van der Waals surface area contributed by atoms with Gasteiger partial charge in [0.1, 0.15) is 0 Å². The van der Waals surface area contributed by atoms with E-state index >= 15 is 0 Å². The SMILES string of the molecule is CCC(CC)C(Br)c1ccc2c(c1)CCC2. The van der Waals surface area contributed by atoms with Gasteiger partial charge in [0.05, 0.1) is 0 Å². The van der Waals surface area contributed by atoms with E-state index < -0.39 is 0 Å². The van der Waals surface area contributed by atoms with Crippen LogP contribution in [0.1, 0.15) is 54.6 Å². The Morgan fingerprint density at radius 1 is 1.12 bits per heavy atom. The van der Waals surface area contributed by atoms with Gasteiger partial charge in [0.15, 0.2) is 0 Å². The first-order valence-corrected chi connectivity index (χ1v) is 7.43. The molecule has 0 saturated heterocycles. The van der Waals surface area contributed by atoms with Crippen molar-refractivity contribution in [1.82, 2.24) is 0 Å². The van der Waals surface area contributed by atoms with Crippen LogP contribution in [0, 0.1) is 5.92 Å². The molecule has 1 unspecified atom stereocenters. The van der Waals surface area contributed by atoms with Crippen LogP contribution in [-0.4, -0.2) is 0 Å². The summed E-state index contributed by atoms with van der Waals surface area (Å²) < 4.78 is 0. The van der Waals surface area contributed by atoms with Crippen molar-refractivity contribution in [2.75, 3.05) is 0 Å². The maximum atomic E-state index is 3.88. The van der Waals surface area contributed by atoms with Gasteiger partial charge >= 0.3 is 0 Å². The van der Waals surface area contributed by atoms with Crippen LogP contribution < -0.4 is 0 Å². The second-order valence-corrected chi connectivity index (χ2v) is 5.85. The Bertz CT molecular complexity index is 352. The van der Waals surface area contributed by atoms with Gasteiger partial charge < -0.3 is 0 Å². The second-order valence-electron chi connectivity index (χ2n) is 4.86. The minimum Gasteiger partial charge on any atom is -0.0836 e. The first-order chi connectivity index (χ1) is 7.76. The molecule has 1 atom stereocenters. The molecule has 0 saturated carbocycles. The highest BCUT2D eigenvalue weighted by Gasteiger charge is 2.19. The minimum atomic E-state index is 0.536. The maximum absolute atomic E-state index is 3.88. The van der Waals surface area contributed by atoms with Crippen LogP contribution in [0.4, 0.5) is 0 Å². The average molecular weight is 281 g/mol. The van der Waals surface area contributed by atoms with Crippen molar-refractivity contribution >= 4 is 15.9 Å². The number of aryl methyl sites for hydroxylation is 2. The van der Waals surface area contributed by atoms with Crippen molar-refractivity contribution in [2.24, 2.45) is 5.92 Å². The number of fused-ring (bicyclic) bond motifs is 1. The van der Waals surface area contributed by atoms with Gasteiger partial charge in [-0.2, -0.15) is 0 Å². The molecule has 1 aliphatic rings. The molecule has 1 aromatic carbocycles. The predicted molar refractivity (Wildman–Crippen MR) is 74.2 cm³/mol. The molecular weight excluding hydrogens is 260 g/mol. The van der Waals surface area contributed by atoms with Crippen molar-refractivity contribution in [3.63, 3.8) is 0 Å². The van der Waals surface area contributed by atoms with Gasteiger partial charge in [-0.3, -0.25) is 0 Å². The van der Waals surface area contributed by atoms with Crippen molar-refractivity contribution < 1.29 is 0 Å². The Labute approximate surface area is 108 Å². The molecule has 0 aliphatic heterocycles. The quantitative estimate of drug-likeness (QED) is 0.678. The van der Waals surface area contributed by atoms with Gasteiger partial charge in [-0.1, -0.05) is 60.8 Å². The Morgan fingerprint density at radius 3 is 2.50 bits per heavy atom. The summed E-state index contributed by atoms with van der Waals surface area (Å²) in [5, 5.41) is 0. The van der Waals surface area contributed by atoms with E-state index in [0.717, 1.165) is 5.92 Å². The molecular formula is C15H21Br. The maximum Gasteiger partial charge on any atom is 0.0423 e. The van der Waals surface area contributed by atoms with Crippen LogP contribution >= 0.6 is 15.9 Å². The minimum absolute atomic E-state index is 0.536. The molecule has 0 radical (unpaired) electrons. The molecule has 0 N–H and O–H groups in total. The number of hydrogen-bond acceptors (Lipinski definition) is 0. The van der Waals surface area contributed by atoms with Crippen molar-refractivity contribution in [1.29, 1.82) is 0 Å². The van der Waals surface area contributed by atoms with E-state index in [-0.39, 0.29) is 0 Å². The number of alkyl halides is 1. The largest absolute Gasteiger partial charge is 0.0836 e. The fourth-order valence-corrected chi connectivity index (χ4v) is 3.77. The smallest absolute Gasteiger partial charge is 0.0423 e. The summed E-state index contributed by atoms with van der Waals surface area (Å²) in [5.74, 6) is 0.763. The third kappa shape index (κ3) is 2.34. The van der Waals surface area contributed by atoms with Gasteiger partial charge in [-0.25, -0.2) is 0 Å². The zero-order valence-corrected chi connectivity index (χ0v) is 11.9. The number of benzene rings is 1. The molecule has 0 amide bonds. The monoisotopic (exact) mass is 280 g/mol. The molecule has 0 heterocycles. The first kappa shape index (κ1) is 12.2. The molecule has 0 aromatic heterocycles. The standard InChI is InChI=1S/C15H21Br/c1-3-11(4-2)15(16)14-9-8-12-6-5-7-13(12)10-14/h8-11,15H,3-7H2,1-2H3. The van der Waals surface area contributed by atoms with Crippen LogP contribution in [0.25, 0.3) is 0 Å². The van der Waals surface area contributed by atoms with E-state index in [9.17, 15) is 0 Å². The fourth-order valence-electron chi connectivity index (χ4n) is 2.74. The Hall–Kier alpha value is -0.300. The van der Waals surface area contributed by atoms with Gasteiger partial charge in [-0.15, -0.1) is 0 Å². The number of halogens is 1. The molecule has 1 heteroatoms. The summed E-state index contributed by atoms with van der Waals surface area (Å²) in [6, 6.07) is 7.09. The normalized spacial score (nSPS) is 16.5. The molecule has 88 valence electrons. The summed E-state index contributed by atoms with van der Waals surface area (Å²) in [6.45, 7) is 4.57. The first-order valence-electron chi connectivity index (χ1n) is 6.52. The third-order valence-electron chi connectivity index (χ3n) is 3.90. The molecule has 1 aromatic rings. The van der Waals surface area contributed by atoms with Gasteiger partial charge in [0, 0.05) is 4.83 Å². The van der Waals surface area contributed by atoms with Crippen LogP contribution in [-0.2, 0) is 12.8 Å². The molecule has 0 spiro atoms. The molecule has 0 bridgehead atoms. The fraction of sp³-hybridized carbons (Fsp3) is 0.600. The third-order valence-corrected chi connectivity index (χ3v) is 5.18. The lowest BCUT2D eigenvalue weighted by atomic mass is 9.93. The summed E-state index contributed by atoms with van der Waals surface area (Å²) in [4.78, 5) is 0.536. The van der Waals surface area contributed by atoms with Crippen LogP contribution in [0.3, 0.4) is 0 Å². The van der Waals surface area contributed by atoms with Crippen molar-refractivity contribution in [2.45, 2.75) is 50.8 Å². The Kier molecular flexibility index (Phi) is 4.07. The molecule has 0 nitrogen and oxygen atoms in total. The highest BCUT2D eigenvalue weighted by molar-refractivity contribution is 9.09.